The van der Waals surface area contributed by atoms with Crippen LogP contribution in [0.4, 0.5) is 15.8 Å². The van der Waals surface area contributed by atoms with E-state index in [1.54, 1.807) is 53.6 Å². The summed E-state index contributed by atoms with van der Waals surface area (Å²) in [4.78, 5) is 35.1. The minimum atomic E-state index is -3.41. The van der Waals surface area contributed by atoms with Gasteiger partial charge < -0.3 is 14.8 Å². The lowest BCUT2D eigenvalue weighted by Gasteiger charge is -2.37. The number of hydrogen-bond donors (Lipinski definition) is 1. The molecule has 4 aromatic rings. The molecular weight excluding hydrogens is 507 g/mol. The van der Waals surface area contributed by atoms with Crippen molar-refractivity contribution in [1.82, 2.24) is 9.88 Å². The molecule has 1 aliphatic rings. The third kappa shape index (κ3) is 5.26. The molecule has 5 rings (SSSR count). The summed E-state index contributed by atoms with van der Waals surface area (Å²) in [5.41, 5.74) is 2.06. The number of H-pyrrole nitrogens is 1. The highest BCUT2D eigenvalue weighted by atomic mass is 32.2. The maximum absolute atomic E-state index is 14.1. The van der Waals surface area contributed by atoms with Gasteiger partial charge in [0.15, 0.2) is 9.84 Å². The van der Waals surface area contributed by atoms with Crippen molar-refractivity contribution >= 4 is 43.9 Å². The highest BCUT2D eigenvalue weighted by Crippen LogP contribution is 2.26. The van der Waals surface area contributed by atoms with Gasteiger partial charge in [0, 0.05) is 55.4 Å². The first-order valence-electron chi connectivity index (χ1n) is 12.2. The molecule has 10 heteroatoms. The molecule has 0 aliphatic carbocycles. The van der Waals surface area contributed by atoms with Gasteiger partial charge in [-0.15, -0.1) is 0 Å². The third-order valence-electron chi connectivity index (χ3n) is 6.70. The van der Waals surface area contributed by atoms with E-state index in [4.69, 9.17) is 0 Å². The summed E-state index contributed by atoms with van der Waals surface area (Å²) in [6.45, 7) is 1.34. The third-order valence-corrected chi connectivity index (χ3v) is 7.84. The van der Waals surface area contributed by atoms with Crippen molar-refractivity contribution in [1.29, 1.82) is 0 Å². The van der Waals surface area contributed by atoms with Crippen LogP contribution >= 0.6 is 0 Å². The highest BCUT2D eigenvalue weighted by molar-refractivity contribution is 7.90. The largest absolute Gasteiger partial charge is 0.367 e. The number of nitrogens with zero attached hydrogens (tertiary/aromatic N) is 3. The fourth-order valence-corrected chi connectivity index (χ4v) is 5.63. The van der Waals surface area contributed by atoms with Crippen molar-refractivity contribution in [2.75, 3.05) is 48.8 Å². The van der Waals surface area contributed by atoms with E-state index in [-0.39, 0.29) is 23.0 Å². The molecule has 1 saturated heterocycles. The minimum Gasteiger partial charge on any atom is -0.367 e. The summed E-state index contributed by atoms with van der Waals surface area (Å²) in [6.07, 6.45) is 2.96. The van der Waals surface area contributed by atoms with Crippen molar-refractivity contribution in [3.63, 3.8) is 0 Å². The van der Waals surface area contributed by atoms with Gasteiger partial charge in [-0.2, -0.15) is 0 Å². The molecule has 0 atom stereocenters. The Hall–Kier alpha value is -4.18. The standard InChI is InChI=1S/C28H27FN4O4S/c1-38(36,37)26-8-3-2-7-25(26)31-13-15-32(16-14-31)27(34)19-33(23-6-4-5-22(29)18-23)28(35)21-10-9-20-11-12-30-24(20)17-21/h2-12,17-18,30H,13-16,19H2,1H3. The van der Waals surface area contributed by atoms with Crippen molar-refractivity contribution < 1.29 is 22.4 Å². The van der Waals surface area contributed by atoms with Crippen molar-refractivity contribution in [3.8, 4) is 0 Å². The summed E-state index contributed by atoms with van der Waals surface area (Å²) in [7, 11) is -3.41. The monoisotopic (exact) mass is 534 g/mol. The average Bonchev–Trinajstić information content (AvgIpc) is 3.39. The van der Waals surface area contributed by atoms with Crippen LogP contribution in [0.25, 0.3) is 10.9 Å². The molecule has 1 aromatic heterocycles. The topological polar surface area (TPSA) is 93.8 Å². The first-order valence-corrected chi connectivity index (χ1v) is 14.1. The molecule has 8 nitrogen and oxygen atoms in total. The minimum absolute atomic E-state index is 0.252. The van der Waals surface area contributed by atoms with Crippen LogP contribution in [0, 0.1) is 5.82 Å². The number of fused-ring (bicyclic) bond motifs is 1. The number of carbonyl (C=O) groups is 2. The lowest BCUT2D eigenvalue weighted by Crippen LogP contribution is -2.52. The number of nitrogens with one attached hydrogen (secondary N) is 1. The number of halogens is 1. The quantitative estimate of drug-likeness (QED) is 0.407. The first-order chi connectivity index (χ1) is 18.2. The van der Waals surface area contributed by atoms with Gasteiger partial charge in [0.05, 0.1) is 10.6 Å². The smallest absolute Gasteiger partial charge is 0.258 e. The van der Waals surface area contributed by atoms with E-state index in [0.717, 1.165) is 10.9 Å². The van der Waals surface area contributed by atoms with Crippen LogP contribution < -0.4 is 9.80 Å². The summed E-state index contributed by atoms with van der Waals surface area (Å²) < 4.78 is 38.5. The fraction of sp³-hybridized carbons (Fsp3) is 0.214. The van der Waals surface area contributed by atoms with E-state index >= 15 is 0 Å². The zero-order valence-electron chi connectivity index (χ0n) is 20.8. The zero-order chi connectivity index (χ0) is 26.9. The van der Waals surface area contributed by atoms with Gasteiger partial charge in [0.2, 0.25) is 5.91 Å². The molecule has 3 aromatic carbocycles. The molecule has 1 fully saturated rings. The van der Waals surface area contributed by atoms with Gasteiger partial charge in [-0.3, -0.25) is 14.5 Å². The second-order valence-corrected chi connectivity index (χ2v) is 11.2. The van der Waals surface area contributed by atoms with Gasteiger partial charge in [0.25, 0.3) is 5.91 Å². The molecular formula is C28H27FN4O4S. The van der Waals surface area contributed by atoms with Gasteiger partial charge in [-0.25, -0.2) is 12.8 Å². The molecule has 38 heavy (non-hydrogen) atoms. The zero-order valence-corrected chi connectivity index (χ0v) is 21.6. The van der Waals surface area contributed by atoms with E-state index in [0.29, 0.717) is 37.4 Å². The molecule has 2 heterocycles. The number of hydrogen-bond acceptors (Lipinski definition) is 5. The summed E-state index contributed by atoms with van der Waals surface area (Å²) in [5.74, 6) is -1.20. The first kappa shape index (κ1) is 25.5. The number of amides is 2. The predicted molar refractivity (Wildman–Crippen MR) is 145 cm³/mol. The SMILES string of the molecule is CS(=O)(=O)c1ccccc1N1CCN(C(=O)CN(C(=O)c2ccc3cc[nH]c3c2)c2cccc(F)c2)CC1. The van der Waals surface area contributed by atoms with Gasteiger partial charge >= 0.3 is 0 Å². The van der Waals surface area contributed by atoms with E-state index < -0.39 is 21.6 Å². The number of carbonyl (C=O) groups excluding carboxylic acids is 2. The molecule has 0 saturated carbocycles. The Morgan fingerprint density at radius 1 is 0.947 bits per heavy atom. The average molecular weight is 535 g/mol. The van der Waals surface area contributed by atoms with E-state index in [2.05, 4.69) is 4.98 Å². The van der Waals surface area contributed by atoms with Crippen LogP contribution in [-0.4, -0.2) is 69.1 Å². The van der Waals surface area contributed by atoms with Crippen LogP contribution in [-0.2, 0) is 14.6 Å². The molecule has 2 amide bonds. The second-order valence-electron chi connectivity index (χ2n) is 9.26. The number of piperazine rings is 1. The number of aromatic nitrogens is 1. The van der Waals surface area contributed by atoms with E-state index in [9.17, 15) is 22.4 Å². The Morgan fingerprint density at radius 3 is 2.45 bits per heavy atom. The Balaban J connectivity index is 1.34. The number of anilines is 2. The van der Waals surface area contributed by atoms with Crippen LogP contribution in [0.2, 0.25) is 0 Å². The van der Waals surface area contributed by atoms with Gasteiger partial charge in [-0.05, 0) is 53.9 Å². The highest BCUT2D eigenvalue weighted by Gasteiger charge is 2.28. The van der Waals surface area contributed by atoms with Gasteiger partial charge in [-0.1, -0.05) is 24.3 Å². The molecule has 0 radical (unpaired) electrons. The number of benzene rings is 3. The molecule has 1 aliphatic heterocycles. The second kappa shape index (κ2) is 10.3. The molecule has 0 spiro atoms. The number of aromatic amines is 1. The molecule has 0 bridgehead atoms. The van der Waals surface area contributed by atoms with E-state index in [1.807, 2.05) is 17.0 Å². The normalized spacial score (nSPS) is 14.1. The Bertz CT molecular complexity index is 1610. The summed E-state index contributed by atoms with van der Waals surface area (Å²) >= 11 is 0. The number of sulfone groups is 1. The predicted octanol–water partition coefficient (Wildman–Crippen LogP) is 3.71. The summed E-state index contributed by atoms with van der Waals surface area (Å²) in [6, 6.07) is 19.5. The van der Waals surface area contributed by atoms with Crippen molar-refractivity contribution in [2.45, 2.75) is 4.90 Å². The number of para-hydroxylation sites is 1. The Labute approximate surface area is 220 Å². The lowest BCUT2D eigenvalue weighted by molar-refractivity contribution is -0.129. The lowest BCUT2D eigenvalue weighted by atomic mass is 10.1. The Kier molecular flexibility index (Phi) is 6.90. The number of rotatable bonds is 6. The van der Waals surface area contributed by atoms with Crippen molar-refractivity contribution in [3.05, 3.63) is 90.4 Å². The molecule has 1 N–H and O–H groups in total. The van der Waals surface area contributed by atoms with E-state index in [1.165, 1.54) is 29.4 Å². The van der Waals surface area contributed by atoms with Crippen LogP contribution in [0.3, 0.4) is 0 Å². The summed E-state index contributed by atoms with van der Waals surface area (Å²) in [5, 5.41) is 0.949. The van der Waals surface area contributed by atoms with Crippen LogP contribution in [0.1, 0.15) is 10.4 Å². The van der Waals surface area contributed by atoms with Crippen molar-refractivity contribution in [2.24, 2.45) is 0 Å². The maximum atomic E-state index is 14.1. The Morgan fingerprint density at radius 2 is 1.71 bits per heavy atom. The molecule has 196 valence electrons. The van der Waals surface area contributed by atoms with Crippen LogP contribution in [0.15, 0.2) is 83.9 Å². The van der Waals surface area contributed by atoms with Crippen LogP contribution in [0.5, 0.6) is 0 Å². The fourth-order valence-electron chi connectivity index (χ4n) is 4.73. The van der Waals surface area contributed by atoms with Gasteiger partial charge in [0.1, 0.15) is 12.4 Å². The maximum Gasteiger partial charge on any atom is 0.258 e. The molecule has 0 unspecified atom stereocenters.